The fraction of sp³-hybridized carbons (Fsp3) is 0.647. The summed E-state index contributed by atoms with van der Waals surface area (Å²) in [5.41, 5.74) is 0.396. The average molecular weight is 295 g/mol. The lowest BCUT2D eigenvalue weighted by atomic mass is 9.92. The highest BCUT2D eigenvalue weighted by molar-refractivity contribution is 5.43. The van der Waals surface area contributed by atoms with Crippen LogP contribution in [0.2, 0.25) is 0 Å². The first-order valence-corrected chi connectivity index (χ1v) is 7.53. The van der Waals surface area contributed by atoms with E-state index in [-0.39, 0.29) is 12.0 Å². The topological polar surface area (TPSA) is 50.7 Å². The lowest BCUT2D eigenvalue weighted by Gasteiger charge is -2.28. The van der Waals surface area contributed by atoms with Gasteiger partial charge < -0.3 is 19.9 Å². The van der Waals surface area contributed by atoms with Gasteiger partial charge >= 0.3 is 0 Å². The summed E-state index contributed by atoms with van der Waals surface area (Å²) in [4.78, 5) is 0. The molecule has 2 N–H and O–H groups in total. The molecule has 0 aromatic heterocycles. The van der Waals surface area contributed by atoms with Crippen LogP contribution >= 0.6 is 0 Å². The fourth-order valence-corrected chi connectivity index (χ4v) is 1.84. The molecule has 0 aliphatic rings. The van der Waals surface area contributed by atoms with E-state index in [1.165, 1.54) is 0 Å². The molecule has 1 aromatic rings. The predicted octanol–water partition coefficient (Wildman–Crippen LogP) is 2.98. The molecule has 1 unspecified atom stereocenters. The van der Waals surface area contributed by atoms with Crippen molar-refractivity contribution in [1.82, 2.24) is 5.32 Å². The number of rotatable bonds is 8. The van der Waals surface area contributed by atoms with E-state index in [4.69, 9.17) is 9.47 Å². The van der Waals surface area contributed by atoms with Crippen molar-refractivity contribution in [1.29, 1.82) is 0 Å². The molecule has 0 fully saturated rings. The summed E-state index contributed by atoms with van der Waals surface area (Å²) in [6.45, 7) is 11.1. The summed E-state index contributed by atoms with van der Waals surface area (Å²) in [6, 6.07) is 5.91. The summed E-state index contributed by atoms with van der Waals surface area (Å²) in [5, 5.41) is 13.5. The molecule has 4 nitrogen and oxygen atoms in total. The maximum absolute atomic E-state index is 10.2. The third-order valence-corrected chi connectivity index (χ3v) is 3.65. The Morgan fingerprint density at radius 1 is 1.19 bits per heavy atom. The van der Waals surface area contributed by atoms with Crippen LogP contribution in [0.15, 0.2) is 18.2 Å². The second kappa shape index (κ2) is 7.66. The lowest BCUT2D eigenvalue weighted by Crippen LogP contribution is -2.41. The molecule has 1 atom stereocenters. The molecule has 1 rings (SSSR count). The molecule has 0 saturated heterocycles. The predicted molar refractivity (Wildman–Crippen MR) is 85.9 cm³/mol. The van der Waals surface area contributed by atoms with Crippen LogP contribution in [0.3, 0.4) is 0 Å². The van der Waals surface area contributed by atoms with E-state index in [0.29, 0.717) is 13.1 Å². The van der Waals surface area contributed by atoms with Gasteiger partial charge in [-0.2, -0.15) is 0 Å². The summed E-state index contributed by atoms with van der Waals surface area (Å²) >= 11 is 0. The zero-order valence-electron chi connectivity index (χ0n) is 14.1. The molecule has 21 heavy (non-hydrogen) atoms. The van der Waals surface area contributed by atoms with E-state index >= 15 is 0 Å². The fourth-order valence-electron chi connectivity index (χ4n) is 1.84. The van der Waals surface area contributed by atoms with Crippen molar-refractivity contribution < 1.29 is 14.6 Å². The second-order valence-corrected chi connectivity index (χ2v) is 6.27. The minimum Gasteiger partial charge on any atom is -0.493 e. The van der Waals surface area contributed by atoms with E-state index in [9.17, 15) is 5.11 Å². The Morgan fingerprint density at radius 2 is 1.86 bits per heavy atom. The summed E-state index contributed by atoms with van der Waals surface area (Å²) in [5.74, 6) is 1.70. The highest BCUT2D eigenvalue weighted by atomic mass is 16.5. The molecule has 120 valence electrons. The van der Waals surface area contributed by atoms with Crippen LogP contribution in [0.4, 0.5) is 0 Å². The third kappa shape index (κ3) is 5.56. The van der Waals surface area contributed by atoms with Gasteiger partial charge in [0.05, 0.1) is 18.8 Å². The monoisotopic (exact) mass is 295 g/mol. The largest absolute Gasteiger partial charge is 0.493 e. The first-order valence-electron chi connectivity index (χ1n) is 7.53. The number of ether oxygens (including phenoxy) is 2. The summed E-state index contributed by atoms with van der Waals surface area (Å²) in [6.07, 6.45) is 0.115. The van der Waals surface area contributed by atoms with Crippen molar-refractivity contribution in [3.63, 3.8) is 0 Å². The van der Waals surface area contributed by atoms with Crippen LogP contribution in [0, 0.1) is 5.92 Å². The lowest BCUT2D eigenvalue weighted by molar-refractivity contribution is 0.0140. The molecule has 0 heterocycles. The highest BCUT2D eigenvalue weighted by Gasteiger charge is 2.23. The van der Waals surface area contributed by atoms with Crippen LogP contribution in [-0.4, -0.2) is 30.5 Å². The van der Waals surface area contributed by atoms with Gasteiger partial charge in [0.25, 0.3) is 0 Å². The molecule has 0 radical (unpaired) electrons. The number of aliphatic hydroxyl groups is 1. The second-order valence-electron chi connectivity index (χ2n) is 6.27. The minimum atomic E-state index is -0.704. The van der Waals surface area contributed by atoms with Crippen LogP contribution < -0.4 is 14.8 Å². The average Bonchev–Trinajstić information content (AvgIpc) is 2.39. The summed E-state index contributed by atoms with van der Waals surface area (Å²) in [7, 11) is 1.64. The van der Waals surface area contributed by atoms with Crippen molar-refractivity contribution in [3.8, 4) is 11.5 Å². The Balaban J connectivity index is 2.65. The SMILES string of the molecule is COc1cc(CNCC(C)(O)C(C)C)ccc1OC(C)C. The van der Waals surface area contributed by atoms with Gasteiger partial charge in [0.15, 0.2) is 11.5 Å². The molecule has 0 aliphatic carbocycles. The molecule has 4 heteroatoms. The van der Waals surface area contributed by atoms with Crippen molar-refractivity contribution in [2.75, 3.05) is 13.7 Å². The van der Waals surface area contributed by atoms with Gasteiger partial charge in [0, 0.05) is 13.1 Å². The van der Waals surface area contributed by atoms with Gasteiger partial charge in [-0.05, 0) is 44.4 Å². The van der Waals surface area contributed by atoms with E-state index in [1.807, 2.05) is 52.8 Å². The molecular formula is C17H29NO3. The molecule has 0 saturated carbocycles. The Bertz CT molecular complexity index is 442. The Labute approximate surface area is 128 Å². The molecule has 1 aromatic carbocycles. The maximum Gasteiger partial charge on any atom is 0.161 e. The number of nitrogens with one attached hydrogen (secondary N) is 1. The van der Waals surface area contributed by atoms with Crippen molar-refractivity contribution in [2.45, 2.75) is 52.9 Å². The van der Waals surface area contributed by atoms with E-state index in [2.05, 4.69) is 5.32 Å². The molecule has 0 spiro atoms. The van der Waals surface area contributed by atoms with E-state index in [0.717, 1.165) is 17.1 Å². The Morgan fingerprint density at radius 3 is 2.38 bits per heavy atom. The van der Waals surface area contributed by atoms with Crippen molar-refractivity contribution in [3.05, 3.63) is 23.8 Å². The van der Waals surface area contributed by atoms with Crippen molar-refractivity contribution >= 4 is 0 Å². The van der Waals surface area contributed by atoms with Gasteiger partial charge in [-0.3, -0.25) is 0 Å². The molecule has 0 aliphatic heterocycles. The standard InChI is InChI=1S/C17H29NO3/c1-12(2)17(5,19)11-18-10-14-7-8-15(21-13(3)4)16(9-14)20-6/h7-9,12-13,18-19H,10-11H2,1-6H3. The number of methoxy groups -OCH3 is 1. The third-order valence-electron chi connectivity index (χ3n) is 3.65. The van der Waals surface area contributed by atoms with Crippen LogP contribution in [0.1, 0.15) is 40.2 Å². The van der Waals surface area contributed by atoms with Crippen LogP contribution in [0.25, 0.3) is 0 Å². The van der Waals surface area contributed by atoms with Gasteiger partial charge in [0.2, 0.25) is 0 Å². The van der Waals surface area contributed by atoms with Gasteiger partial charge in [-0.15, -0.1) is 0 Å². The Kier molecular flexibility index (Phi) is 6.49. The maximum atomic E-state index is 10.2. The van der Waals surface area contributed by atoms with Gasteiger partial charge in [-0.1, -0.05) is 19.9 Å². The number of hydrogen-bond acceptors (Lipinski definition) is 4. The minimum absolute atomic E-state index is 0.115. The summed E-state index contributed by atoms with van der Waals surface area (Å²) < 4.78 is 11.1. The molecule has 0 amide bonds. The smallest absolute Gasteiger partial charge is 0.161 e. The van der Waals surface area contributed by atoms with E-state index < -0.39 is 5.60 Å². The van der Waals surface area contributed by atoms with Gasteiger partial charge in [-0.25, -0.2) is 0 Å². The zero-order chi connectivity index (χ0) is 16.0. The van der Waals surface area contributed by atoms with E-state index in [1.54, 1.807) is 7.11 Å². The molecule has 0 bridgehead atoms. The first-order chi connectivity index (χ1) is 9.76. The number of hydrogen-bond donors (Lipinski definition) is 2. The van der Waals surface area contributed by atoms with Crippen molar-refractivity contribution in [2.24, 2.45) is 5.92 Å². The number of benzene rings is 1. The van der Waals surface area contributed by atoms with Crippen LogP contribution in [0.5, 0.6) is 11.5 Å². The normalized spacial score (nSPS) is 14.3. The zero-order valence-corrected chi connectivity index (χ0v) is 14.1. The van der Waals surface area contributed by atoms with Gasteiger partial charge in [0.1, 0.15) is 0 Å². The highest BCUT2D eigenvalue weighted by Crippen LogP contribution is 2.29. The van der Waals surface area contributed by atoms with Crippen LogP contribution in [-0.2, 0) is 6.54 Å². The molecular weight excluding hydrogens is 266 g/mol. The quantitative estimate of drug-likeness (QED) is 0.774. The Hall–Kier alpha value is -1.26. The first kappa shape index (κ1) is 17.8.